The molecule has 1 aliphatic rings. The first-order chi connectivity index (χ1) is 13.9. The van der Waals surface area contributed by atoms with E-state index in [9.17, 15) is 17.6 Å². The van der Waals surface area contributed by atoms with E-state index in [1.807, 2.05) is 6.08 Å². The summed E-state index contributed by atoms with van der Waals surface area (Å²) in [6.45, 7) is 3.84. The predicted molar refractivity (Wildman–Crippen MR) is 107 cm³/mol. The van der Waals surface area contributed by atoms with Crippen molar-refractivity contribution in [3.8, 4) is 0 Å². The Morgan fingerprint density at radius 2 is 1.62 bits per heavy atom. The lowest BCUT2D eigenvalue weighted by Gasteiger charge is -2.27. The van der Waals surface area contributed by atoms with Gasteiger partial charge in [-0.2, -0.15) is 0 Å². The Labute approximate surface area is 169 Å². The molecule has 29 heavy (non-hydrogen) atoms. The van der Waals surface area contributed by atoms with E-state index >= 15 is 0 Å². The van der Waals surface area contributed by atoms with E-state index in [4.69, 9.17) is 4.74 Å². The first-order valence-corrected chi connectivity index (χ1v) is 10.1. The van der Waals surface area contributed by atoms with Gasteiger partial charge in [0.1, 0.15) is 0 Å². The van der Waals surface area contributed by atoms with Gasteiger partial charge in [-0.1, -0.05) is 36.4 Å². The number of halogens is 4. The van der Waals surface area contributed by atoms with E-state index in [1.54, 1.807) is 37.3 Å². The second-order valence-corrected chi connectivity index (χ2v) is 7.65. The van der Waals surface area contributed by atoms with E-state index in [2.05, 4.69) is 0 Å². The Morgan fingerprint density at radius 3 is 2.31 bits per heavy atom. The first kappa shape index (κ1) is 21.6. The van der Waals surface area contributed by atoms with Crippen LogP contribution < -0.4 is 0 Å². The molecule has 156 valence electrons. The van der Waals surface area contributed by atoms with Gasteiger partial charge in [-0.05, 0) is 62.5 Å². The van der Waals surface area contributed by atoms with Crippen LogP contribution in [0.15, 0.2) is 30.3 Å². The zero-order chi connectivity index (χ0) is 21.0. The van der Waals surface area contributed by atoms with Crippen molar-refractivity contribution in [1.82, 2.24) is 0 Å². The van der Waals surface area contributed by atoms with Crippen molar-refractivity contribution in [3.05, 3.63) is 75.9 Å². The third-order valence-corrected chi connectivity index (χ3v) is 5.72. The van der Waals surface area contributed by atoms with Crippen LogP contribution in [0.4, 0.5) is 17.6 Å². The average Bonchev–Trinajstić information content (AvgIpc) is 2.73. The maximum atomic E-state index is 14.5. The Balaban J connectivity index is 1.64. The largest absolute Gasteiger partial charge is 0.377 e. The molecule has 5 heteroatoms. The molecule has 1 fully saturated rings. The van der Waals surface area contributed by atoms with Crippen molar-refractivity contribution in [2.45, 2.75) is 52.1 Å². The van der Waals surface area contributed by atoms with Crippen LogP contribution in [-0.4, -0.2) is 6.61 Å². The molecule has 0 aliphatic heterocycles. The van der Waals surface area contributed by atoms with Crippen LogP contribution in [0.25, 0.3) is 6.08 Å². The standard InChI is InChI=1S/C24H26F4O/c1-3-29-14-19-12-13-20(24(28)23(19)27)17-9-5-16(6-10-17)7-11-18-8-4-15(2)21(25)22(18)26/h4,7-8,11-13,16-17H,3,5-6,9-10,14H2,1-2H3/b11-7+. The van der Waals surface area contributed by atoms with Gasteiger partial charge in [0.2, 0.25) is 0 Å². The fourth-order valence-electron chi connectivity index (χ4n) is 3.90. The zero-order valence-corrected chi connectivity index (χ0v) is 16.8. The minimum atomic E-state index is -0.834. The lowest BCUT2D eigenvalue weighted by atomic mass is 9.78. The monoisotopic (exact) mass is 406 g/mol. The highest BCUT2D eigenvalue weighted by Crippen LogP contribution is 2.38. The summed E-state index contributed by atoms with van der Waals surface area (Å²) in [5.41, 5.74) is 1.16. The molecule has 2 aromatic rings. The molecule has 0 spiro atoms. The van der Waals surface area contributed by atoms with E-state index < -0.39 is 23.3 Å². The van der Waals surface area contributed by atoms with Gasteiger partial charge in [0.15, 0.2) is 23.3 Å². The Kier molecular flexibility index (Phi) is 7.12. The minimum absolute atomic E-state index is 0.0381. The zero-order valence-electron chi connectivity index (χ0n) is 16.8. The molecule has 3 rings (SSSR count). The summed E-state index contributed by atoms with van der Waals surface area (Å²) in [6.07, 6.45) is 6.54. The van der Waals surface area contributed by atoms with Crippen LogP contribution in [0.1, 0.15) is 60.8 Å². The summed E-state index contributed by atoms with van der Waals surface area (Å²) in [5, 5.41) is 0. The number of aryl methyl sites for hydroxylation is 1. The summed E-state index contributed by atoms with van der Waals surface area (Å²) in [5.74, 6) is -3.09. The third kappa shape index (κ3) is 4.89. The highest BCUT2D eigenvalue weighted by molar-refractivity contribution is 5.51. The molecule has 2 aromatic carbocycles. The molecule has 1 saturated carbocycles. The normalized spacial score (nSPS) is 19.8. The van der Waals surface area contributed by atoms with Gasteiger partial charge in [0, 0.05) is 17.7 Å². The first-order valence-electron chi connectivity index (χ1n) is 10.1. The molecule has 0 radical (unpaired) electrons. The Hall–Kier alpha value is -2.14. The number of rotatable bonds is 6. The van der Waals surface area contributed by atoms with E-state index in [1.165, 1.54) is 6.92 Å². The van der Waals surface area contributed by atoms with E-state index in [-0.39, 0.29) is 35.1 Å². The van der Waals surface area contributed by atoms with Gasteiger partial charge in [-0.25, -0.2) is 17.6 Å². The second kappa shape index (κ2) is 9.57. The van der Waals surface area contributed by atoms with Crippen molar-refractivity contribution in [2.75, 3.05) is 6.61 Å². The highest BCUT2D eigenvalue weighted by Gasteiger charge is 2.25. The molecule has 0 heterocycles. The summed E-state index contributed by atoms with van der Waals surface area (Å²) in [4.78, 5) is 0. The summed E-state index contributed by atoms with van der Waals surface area (Å²) >= 11 is 0. The van der Waals surface area contributed by atoms with Crippen LogP contribution in [0, 0.1) is 36.1 Å². The molecule has 0 amide bonds. The second-order valence-electron chi connectivity index (χ2n) is 7.65. The van der Waals surface area contributed by atoms with Crippen LogP contribution in [0.3, 0.4) is 0 Å². The molecular weight excluding hydrogens is 380 g/mol. The maximum Gasteiger partial charge on any atom is 0.166 e. The smallest absolute Gasteiger partial charge is 0.166 e. The minimum Gasteiger partial charge on any atom is -0.377 e. The average molecular weight is 406 g/mol. The summed E-state index contributed by atoms with van der Waals surface area (Å²) < 4.78 is 61.7. The third-order valence-electron chi connectivity index (χ3n) is 5.72. The SMILES string of the molecule is CCOCc1ccc(C2CCC(/C=C/c3ccc(C)c(F)c3F)CC2)c(F)c1F. The molecule has 1 nitrogen and oxygen atoms in total. The topological polar surface area (TPSA) is 9.23 Å². The summed E-state index contributed by atoms with van der Waals surface area (Å²) in [6, 6.07) is 6.39. The van der Waals surface area contributed by atoms with Gasteiger partial charge in [-0.15, -0.1) is 0 Å². The molecule has 0 N–H and O–H groups in total. The number of ether oxygens (including phenoxy) is 1. The highest BCUT2D eigenvalue weighted by atomic mass is 19.2. The molecule has 0 saturated heterocycles. The quantitative estimate of drug-likeness (QED) is 0.466. The number of hydrogen-bond acceptors (Lipinski definition) is 1. The van der Waals surface area contributed by atoms with Crippen LogP contribution in [0.2, 0.25) is 0 Å². The van der Waals surface area contributed by atoms with Gasteiger partial charge >= 0.3 is 0 Å². The lowest BCUT2D eigenvalue weighted by Crippen LogP contribution is -2.14. The van der Waals surface area contributed by atoms with Crippen LogP contribution >= 0.6 is 0 Å². The molecule has 0 atom stereocenters. The van der Waals surface area contributed by atoms with Crippen LogP contribution in [-0.2, 0) is 11.3 Å². The van der Waals surface area contributed by atoms with Gasteiger partial charge in [0.05, 0.1) is 6.61 Å². The lowest BCUT2D eigenvalue weighted by molar-refractivity contribution is 0.131. The van der Waals surface area contributed by atoms with Gasteiger partial charge in [0.25, 0.3) is 0 Å². The fraction of sp³-hybridized carbons (Fsp3) is 0.417. The molecule has 1 aliphatic carbocycles. The van der Waals surface area contributed by atoms with Crippen molar-refractivity contribution in [3.63, 3.8) is 0 Å². The maximum absolute atomic E-state index is 14.5. The van der Waals surface area contributed by atoms with E-state index in [0.717, 1.165) is 25.7 Å². The predicted octanol–water partition coefficient (Wildman–Crippen LogP) is 7.08. The van der Waals surface area contributed by atoms with Crippen molar-refractivity contribution in [2.24, 2.45) is 5.92 Å². The number of benzene rings is 2. The van der Waals surface area contributed by atoms with Crippen molar-refractivity contribution < 1.29 is 22.3 Å². The molecule has 0 aromatic heterocycles. The van der Waals surface area contributed by atoms with Gasteiger partial charge in [-0.3, -0.25) is 0 Å². The molecular formula is C24H26F4O. The Morgan fingerprint density at radius 1 is 0.897 bits per heavy atom. The summed E-state index contributed by atoms with van der Waals surface area (Å²) in [7, 11) is 0. The van der Waals surface area contributed by atoms with Crippen LogP contribution in [0.5, 0.6) is 0 Å². The fourth-order valence-corrected chi connectivity index (χ4v) is 3.90. The molecule has 0 bridgehead atoms. The number of allylic oxidation sites excluding steroid dienone is 1. The van der Waals surface area contributed by atoms with Crippen molar-refractivity contribution in [1.29, 1.82) is 0 Å². The number of hydrogen-bond donors (Lipinski definition) is 0. The molecule has 0 unspecified atom stereocenters. The van der Waals surface area contributed by atoms with Crippen molar-refractivity contribution >= 4 is 6.08 Å². The van der Waals surface area contributed by atoms with E-state index in [0.29, 0.717) is 12.2 Å². The Bertz CT molecular complexity index is 883. The van der Waals surface area contributed by atoms with Gasteiger partial charge < -0.3 is 4.74 Å².